The minimum Gasteiger partial charge on any atom is -0.480 e. The van der Waals surface area contributed by atoms with Gasteiger partial charge in [0.2, 0.25) is 23.6 Å². The predicted octanol–water partition coefficient (Wildman–Crippen LogP) is -1.16. The summed E-state index contributed by atoms with van der Waals surface area (Å²) in [6.45, 7) is 8.46. The first-order valence-corrected chi connectivity index (χ1v) is 10.0. The average Bonchev–Trinajstić information content (AvgIpc) is 2.68. The first-order chi connectivity index (χ1) is 13.8. The standard InChI is InChI=1S/C19H35N5O6/c1-6-9(3)14(21)18(28)23-12(8-13(20)25)17(27)22-11(5)16(26)24-15(19(29)30)10(4)7-2/h9-12,14-15H,6-8,21H2,1-5H3,(H2,20,25)(H,22,27)(H,23,28)(H,24,26)(H,29,30). The summed E-state index contributed by atoms with van der Waals surface area (Å²) in [6.07, 6.45) is 0.685. The number of carbonyl (C=O) groups excluding carboxylic acids is 4. The summed E-state index contributed by atoms with van der Waals surface area (Å²) in [5.74, 6) is -4.63. The summed E-state index contributed by atoms with van der Waals surface area (Å²) < 4.78 is 0. The molecule has 0 aromatic carbocycles. The van der Waals surface area contributed by atoms with E-state index in [1.165, 1.54) is 6.92 Å². The van der Waals surface area contributed by atoms with Gasteiger partial charge in [-0.1, -0.05) is 40.5 Å². The maximum atomic E-state index is 12.5. The molecule has 8 N–H and O–H groups in total. The van der Waals surface area contributed by atoms with Gasteiger partial charge in [0.1, 0.15) is 18.1 Å². The summed E-state index contributed by atoms with van der Waals surface area (Å²) in [7, 11) is 0. The number of hydrogen-bond acceptors (Lipinski definition) is 6. The quantitative estimate of drug-likeness (QED) is 0.212. The van der Waals surface area contributed by atoms with E-state index in [1.807, 2.05) is 6.92 Å². The van der Waals surface area contributed by atoms with Gasteiger partial charge in [0.25, 0.3) is 0 Å². The minimum absolute atomic E-state index is 0.152. The third-order valence-electron chi connectivity index (χ3n) is 5.13. The second-order valence-electron chi connectivity index (χ2n) is 7.58. The number of carboxylic acid groups (broad SMARTS) is 1. The third kappa shape index (κ3) is 8.76. The molecule has 11 heteroatoms. The summed E-state index contributed by atoms with van der Waals surface area (Å²) in [5, 5.41) is 16.4. The van der Waals surface area contributed by atoms with Crippen LogP contribution < -0.4 is 27.4 Å². The first-order valence-electron chi connectivity index (χ1n) is 10.0. The van der Waals surface area contributed by atoms with Gasteiger partial charge >= 0.3 is 5.97 Å². The van der Waals surface area contributed by atoms with E-state index in [0.29, 0.717) is 12.8 Å². The van der Waals surface area contributed by atoms with E-state index in [1.54, 1.807) is 20.8 Å². The molecule has 0 saturated carbocycles. The highest BCUT2D eigenvalue weighted by atomic mass is 16.4. The van der Waals surface area contributed by atoms with E-state index in [2.05, 4.69) is 16.0 Å². The summed E-state index contributed by atoms with van der Waals surface area (Å²) >= 11 is 0. The van der Waals surface area contributed by atoms with Crippen LogP contribution in [0.4, 0.5) is 0 Å². The van der Waals surface area contributed by atoms with Crippen LogP contribution in [-0.4, -0.2) is 58.9 Å². The SMILES string of the molecule is CCC(C)C(N)C(=O)NC(CC(N)=O)C(=O)NC(C)C(=O)NC(C(=O)O)C(C)CC. The Kier molecular flexibility index (Phi) is 11.6. The van der Waals surface area contributed by atoms with Crippen LogP contribution >= 0.6 is 0 Å². The van der Waals surface area contributed by atoms with Gasteiger partial charge in [-0.3, -0.25) is 19.2 Å². The maximum absolute atomic E-state index is 12.5. The topological polar surface area (TPSA) is 194 Å². The molecule has 6 unspecified atom stereocenters. The largest absolute Gasteiger partial charge is 0.480 e. The summed E-state index contributed by atoms with van der Waals surface area (Å²) in [6, 6.07) is -4.42. The van der Waals surface area contributed by atoms with Crippen molar-refractivity contribution in [3.63, 3.8) is 0 Å². The summed E-state index contributed by atoms with van der Waals surface area (Å²) in [5.41, 5.74) is 11.0. The van der Waals surface area contributed by atoms with Gasteiger partial charge in [-0.25, -0.2) is 4.79 Å². The number of aliphatic carboxylic acids is 1. The van der Waals surface area contributed by atoms with E-state index >= 15 is 0 Å². The Morgan fingerprint density at radius 2 is 1.37 bits per heavy atom. The lowest BCUT2D eigenvalue weighted by molar-refractivity contribution is -0.143. The fraction of sp³-hybridized carbons (Fsp3) is 0.737. The van der Waals surface area contributed by atoms with Gasteiger partial charge in [0.15, 0.2) is 0 Å². The zero-order chi connectivity index (χ0) is 23.6. The molecule has 0 aliphatic rings. The van der Waals surface area contributed by atoms with Gasteiger partial charge in [-0.05, 0) is 18.8 Å². The molecule has 0 aliphatic heterocycles. The third-order valence-corrected chi connectivity index (χ3v) is 5.13. The molecule has 0 fully saturated rings. The average molecular weight is 430 g/mol. The molecule has 0 bridgehead atoms. The lowest BCUT2D eigenvalue weighted by Crippen LogP contribution is -2.58. The van der Waals surface area contributed by atoms with Crippen LogP contribution in [0.3, 0.4) is 0 Å². The monoisotopic (exact) mass is 429 g/mol. The maximum Gasteiger partial charge on any atom is 0.326 e. The van der Waals surface area contributed by atoms with Crippen LogP contribution in [0.1, 0.15) is 53.9 Å². The predicted molar refractivity (Wildman–Crippen MR) is 110 cm³/mol. The number of carboxylic acids is 1. The fourth-order valence-corrected chi connectivity index (χ4v) is 2.53. The lowest BCUT2D eigenvalue weighted by atomic mass is 9.98. The zero-order valence-corrected chi connectivity index (χ0v) is 18.2. The second-order valence-corrected chi connectivity index (χ2v) is 7.58. The Morgan fingerprint density at radius 1 is 0.833 bits per heavy atom. The minimum atomic E-state index is -1.31. The number of primary amides is 1. The van der Waals surface area contributed by atoms with Gasteiger partial charge in [0, 0.05) is 0 Å². The molecule has 0 aromatic rings. The molecule has 30 heavy (non-hydrogen) atoms. The van der Waals surface area contributed by atoms with Crippen LogP contribution in [0.5, 0.6) is 0 Å². The van der Waals surface area contributed by atoms with Crippen LogP contribution in [0.2, 0.25) is 0 Å². The highest BCUT2D eigenvalue weighted by Gasteiger charge is 2.31. The van der Waals surface area contributed by atoms with Crippen molar-refractivity contribution < 1.29 is 29.1 Å². The van der Waals surface area contributed by atoms with Gasteiger partial charge in [-0.15, -0.1) is 0 Å². The molecule has 172 valence electrons. The van der Waals surface area contributed by atoms with Crippen molar-refractivity contribution >= 4 is 29.6 Å². The molecule has 6 atom stereocenters. The molecular weight excluding hydrogens is 394 g/mol. The van der Waals surface area contributed by atoms with E-state index in [9.17, 15) is 29.1 Å². The van der Waals surface area contributed by atoms with E-state index < -0.39 is 60.2 Å². The zero-order valence-electron chi connectivity index (χ0n) is 18.2. The lowest BCUT2D eigenvalue weighted by Gasteiger charge is -2.25. The molecule has 0 heterocycles. The number of hydrogen-bond donors (Lipinski definition) is 6. The number of carbonyl (C=O) groups is 5. The van der Waals surface area contributed by atoms with Crippen molar-refractivity contribution in [2.75, 3.05) is 0 Å². The van der Waals surface area contributed by atoms with Crippen molar-refractivity contribution in [3.05, 3.63) is 0 Å². The molecule has 0 aromatic heterocycles. The molecule has 0 aliphatic carbocycles. The van der Waals surface area contributed by atoms with Crippen molar-refractivity contribution in [1.82, 2.24) is 16.0 Å². The molecule has 0 saturated heterocycles. The second kappa shape index (κ2) is 12.8. The molecule has 0 radical (unpaired) electrons. The number of nitrogens with two attached hydrogens (primary N) is 2. The van der Waals surface area contributed by atoms with E-state index in [0.717, 1.165) is 0 Å². The van der Waals surface area contributed by atoms with Gasteiger partial charge in [-0.2, -0.15) is 0 Å². The highest BCUT2D eigenvalue weighted by molar-refractivity contribution is 5.96. The smallest absolute Gasteiger partial charge is 0.326 e. The van der Waals surface area contributed by atoms with Gasteiger partial charge in [0.05, 0.1) is 12.5 Å². The highest BCUT2D eigenvalue weighted by Crippen LogP contribution is 2.09. The van der Waals surface area contributed by atoms with Gasteiger partial charge < -0.3 is 32.5 Å². The first kappa shape index (κ1) is 27.3. The van der Waals surface area contributed by atoms with E-state index in [-0.39, 0.29) is 11.8 Å². The molecule has 11 nitrogen and oxygen atoms in total. The number of nitrogens with one attached hydrogen (secondary N) is 3. The van der Waals surface area contributed by atoms with E-state index in [4.69, 9.17) is 11.5 Å². The Balaban J connectivity index is 5.17. The molecule has 0 rings (SSSR count). The van der Waals surface area contributed by atoms with Crippen LogP contribution in [-0.2, 0) is 24.0 Å². The fourth-order valence-electron chi connectivity index (χ4n) is 2.53. The van der Waals surface area contributed by atoms with Crippen molar-refractivity contribution in [3.8, 4) is 0 Å². The number of rotatable bonds is 13. The van der Waals surface area contributed by atoms with Crippen molar-refractivity contribution in [2.45, 2.75) is 78.0 Å². The molecule has 4 amide bonds. The normalized spacial score (nSPS) is 16.9. The van der Waals surface area contributed by atoms with Crippen molar-refractivity contribution in [2.24, 2.45) is 23.3 Å². The van der Waals surface area contributed by atoms with Crippen LogP contribution in [0.25, 0.3) is 0 Å². The molecular formula is C19H35N5O6. The summed E-state index contributed by atoms with van der Waals surface area (Å²) in [4.78, 5) is 59.8. The Bertz CT molecular complexity index is 641. The Hall–Kier alpha value is -2.69. The van der Waals surface area contributed by atoms with Crippen LogP contribution in [0, 0.1) is 11.8 Å². The number of amides is 4. The Labute approximate surface area is 176 Å². The molecule has 0 spiro atoms. The van der Waals surface area contributed by atoms with Crippen LogP contribution in [0.15, 0.2) is 0 Å². The van der Waals surface area contributed by atoms with Crippen molar-refractivity contribution in [1.29, 1.82) is 0 Å². The Morgan fingerprint density at radius 3 is 1.80 bits per heavy atom.